The Kier molecular flexibility index (Phi) is 6.72. The molecule has 116 valence electrons. The lowest BCUT2D eigenvalue weighted by atomic mass is 10.00. The molecular weight excluding hydrogens is 270 g/mol. The normalized spacial score (nSPS) is 13.3. The summed E-state index contributed by atoms with van der Waals surface area (Å²) in [6.07, 6.45) is 0.705. The summed E-state index contributed by atoms with van der Waals surface area (Å²) in [5, 5.41) is 11.5. The highest BCUT2D eigenvalue weighted by Gasteiger charge is 2.15. The molecule has 5 nitrogen and oxygen atoms in total. The minimum atomic E-state index is -0.844. The second kappa shape index (κ2) is 8.29. The van der Waals surface area contributed by atoms with Gasteiger partial charge in [-0.05, 0) is 30.0 Å². The molecular formula is C16H23NO4. The van der Waals surface area contributed by atoms with Crippen LogP contribution in [0.3, 0.4) is 0 Å². The first-order chi connectivity index (χ1) is 9.92. The number of methoxy groups -OCH3 is 1. The van der Waals surface area contributed by atoms with E-state index in [0.717, 1.165) is 11.3 Å². The molecule has 0 aromatic heterocycles. The first kappa shape index (κ1) is 17.0. The number of benzene rings is 1. The predicted molar refractivity (Wildman–Crippen MR) is 80.3 cm³/mol. The quantitative estimate of drug-likeness (QED) is 0.769. The summed E-state index contributed by atoms with van der Waals surface area (Å²) in [5.41, 5.74) is 1.07. The molecule has 2 atom stereocenters. The van der Waals surface area contributed by atoms with Crippen LogP contribution in [0.1, 0.15) is 25.8 Å². The van der Waals surface area contributed by atoms with Crippen molar-refractivity contribution in [3.63, 3.8) is 0 Å². The number of nitrogens with one attached hydrogen (secondary N) is 1. The fourth-order valence-electron chi connectivity index (χ4n) is 2.03. The van der Waals surface area contributed by atoms with Gasteiger partial charge in [0.25, 0.3) is 0 Å². The van der Waals surface area contributed by atoms with Gasteiger partial charge >= 0.3 is 5.97 Å². The van der Waals surface area contributed by atoms with Crippen molar-refractivity contribution in [1.82, 2.24) is 5.32 Å². The van der Waals surface area contributed by atoms with Crippen molar-refractivity contribution in [2.24, 2.45) is 11.8 Å². The third-order valence-electron chi connectivity index (χ3n) is 3.30. The molecule has 0 bridgehead atoms. The monoisotopic (exact) mass is 293 g/mol. The zero-order valence-corrected chi connectivity index (χ0v) is 12.8. The molecule has 21 heavy (non-hydrogen) atoms. The number of carbonyl (C=O) groups is 2. The van der Waals surface area contributed by atoms with Crippen molar-refractivity contribution >= 4 is 11.9 Å². The smallest absolute Gasteiger partial charge is 0.303 e. The van der Waals surface area contributed by atoms with Crippen LogP contribution in [0.2, 0.25) is 0 Å². The summed E-state index contributed by atoms with van der Waals surface area (Å²) >= 11 is 0. The maximum atomic E-state index is 12.0. The van der Waals surface area contributed by atoms with Crippen LogP contribution >= 0.6 is 0 Å². The number of hydrogen-bond donors (Lipinski definition) is 2. The molecule has 0 aliphatic heterocycles. The van der Waals surface area contributed by atoms with E-state index in [2.05, 4.69) is 5.32 Å². The van der Waals surface area contributed by atoms with Crippen molar-refractivity contribution < 1.29 is 19.4 Å². The standard InChI is InChI=1S/C16H23NO4/c1-11(8-15(18)19)10-17-16(20)12(2)9-13-4-6-14(21-3)7-5-13/h4-7,11-12H,8-10H2,1-3H3,(H,17,20)(H,18,19). The van der Waals surface area contributed by atoms with Crippen LogP contribution in [0.25, 0.3) is 0 Å². The first-order valence-corrected chi connectivity index (χ1v) is 7.04. The van der Waals surface area contributed by atoms with Crippen LogP contribution in [0.4, 0.5) is 0 Å². The summed E-state index contributed by atoms with van der Waals surface area (Å²) in [7, 11) is 1.61. The Bertz CT molecular complexity index is 470. The molecule has 0 saturated carbocycles. The van der Waals surface area contributed by atoms with E-state index in [-0.39, 0.29) is 24.2 Å². The summed E-state index contributed by atoms with van der Waals surface area (Å²) in [4.78, 5) is 22.5. The molecule has 0 saturated heterocycles. The fourth-order valence-corrected chi connectivity index (χ4v) is 2.03. The van der Waals surface area contributed by atoms with E-state index in [1.165, 1.54) is 0 Å². The molecule has 0 spiro atoms. The van der Waals surface area contributed by atoms with E-state index in [1.54, 1.807) is 7.11 Å². The number of aliphatic carboxylic acids is 1. The second-order valence-corrected chi connectivity index (χ2v) is 5.40. The van der Waals surface area contributed by atoms with Crippen LogP contribution in [0.5, 0.6) is 5.75 Å². The van der Waals surface area contributed by atoms with Crippen LogP contribution in [0.15, 0.2) is 24.3 Å². The van der Waals surface area contributed by atoms with Gasteiger partial charge in [-0.2, -0.15) is 0 Å². The average molecular weight is 293 g/mol. The van der Waals surface area contributed by atoms with E-state index in [9.17, 15) is 9.59 Å². The van der Waals surface area contributed by atoms with E-state index in [1.807, 2.05) is 38.1 Å². The third kappa shape index (κ3) is 6.29. The topological polar surface area (TPSA) is 75.6 Å². The first-order valence-electron chi connectivity index (χ1n) is 7.04. The summed E-state index contributed by atoms with van der Waals surface area (Å²) in [6, 6.07) is 7.62. The van der Waals surface area contributed by atoms with Gasteiger partial charge in [-0.25, -0.2) is 0 Å². The predicted octanol–water partition coefficient (Wildman–Crippen LogP) is 2.10. The van der Waals surface area contributed by atoms with Crippen LogP contribution in [-0.4, -0.2) is 30.6 Å². The lowest BCUT2D eigenvalue weighted by Crippen LogP contribution is -2.34. The highest BCUT2D eigenvalue weighted by Crippen LogP contribution is 2.14. The lowest BCUT2D eigenvalue weighted by Gasteiger charge is -2.15. The Morgan fingerprint density at radius 1 is 1.24 bits per heavy atom. The van der Waals surface area contributed by atoms with Crippen LogP contribution in [0, 0.1) is 11.8 Å². The lowest BCUT2D eigenvalue weighted by molar-refractivity contribution is -0.138. The van der Waals surface area contributed by atoms with Gasteiger partial charge in [0.05, 0.1) is 7.11 Å². The Morgan fingerprint density at radius 2 is 1.86 bits per heavy atom. The van der Waals surface area contributed by atoms with Gasteiger partial charge in [0.15, 0.2) is 0 Å². The SMILES string of the molecule is COc1ccc(CC(C)C(=O)NCC(C)CC(=O)O)cc1. The maximum Gasteiger partial charge on any atom is 0.303 e. The van der Waals surface area contributed by atoms with Gasteiger partial charge < -0.3 is 15.2 Å². The summed E-state index contributed by atoms with van der Waals surface area (Å²) < 4.78 is 5.09. The molecule has 1 rings (SSSR count). The number of hydrogen-bond acceptors (Lipinski definition) is 3. The third-order valence-corrected chi connectivity index (χ3v) is 3.30. The highest BCUT2D eigenvalue weighted by molar-refractivity contribution is 5.78. The highest BCUT2D eigenvalue weighted by atomic mass is 16.5. The van der Waals surface area contributed by atoms with Gasteiger partial charge in [0, 0.05) is 18.9 Å². The molecule has 0 aliphatic carbocycles. The molecule has 0 aliphatic rings. The van der Waals surface area contributed by atoms with Crippen LogP contribution in [-0.2, 0) is 16.0 Å². The second-order valence-electron chi connectivity index (χ2n) is 5.40. The minimum Gasteiger partial charge on any atom is -0.497 e. The van der Waals surface area contributed by atoms with Crippen molar-refractivity contribution in [2.45, 2.75) is 26.7 Å². The Morgan fingerprint density at radius 3 is 2.38 bits per heavy atom. The Hall–Kier alpha value is -2.04. The molecule has 0 fully saturated rings. The average Bonchev–Trinajstić information content (AvgIpc) is 2.44. The van der Waals surface area contributed by atoms with Gasteiger partial charge in [-0.1, -0.05) is 26.0 Å². The molecule has 1 aromatic rings. The zero-order chi connectivity index (χ0) is 15.8. The Labute approximate surface area is 125 Å². The van der Waals surface area contributed by atoms with Gasteiger partial charge in [-0.15, -0.1) is 0 Å². The molecule has 1 amide bonds. The molecule has 0 heterocycles. The van der Waals surface area contributed by atoms with Gasteiger partial charge in [-0.3, -0.25) is 9.59 Å². The number of carboxylic acids is 1. The van der Waals surface area contributed by atoms with E-state index in [0.29, 0.717) is 13.0 Å². The van der Waals surface area contributed by atoms with Crippen molar-refractivity contribution in [1.29, 1.82) is 0 Å². The number of carbonyl (C=O) groups excluding carboxylic acids is 1. The van der Waals surface area contributed by atoms with Crippen molar-refractivity contribution in [3.8, 4) is 5.75 Å². The number of rotatable bonds is 8. The van der Waals surface area contributed by atoms with Crippen molar-refractivity contribution in [2.75, 3.05) is 13.7 Å². The molecule has 5 heteroatoms. The van der Waals surface area contributed by atoms with E-state index < -0.39 is 5.97 Å². The molecule has 1 aromatic carbocycles. The maximum absolute atomic E-state index is 12.0. The summed E-state index contributed by atoms with van der Waals surface area (Å²) in [5.74, 6) is -0.334. The largest absolute Gasteiger partial charge is 0.497 e. The minimum absolute atomic E-state index is 0.0527. The van der Waals surface area contributed by atoms with E-state index >= 15 is 0 Å². The van der Waals surface area contributed by atoms with Gasteiger partial charge in [0.1, 0.15) is 5.75 Å². The van der Waals surface area contributed by atoms with E-state index in [4.69, 9.17) is 9.84 Å². The number of carboxylic acid groups (broad SMARTS) is 1. The number of ether oxygens (including phenoxy) is 1. The molecule has 0 radical (unpaired) electrons. The van der Waals surface area contributed by atoms with Crippen molar-refractivity contribution in [3.05, 3.63) is 29.8 Å². The molecule has 2 unspecified atom stereocenters. The van der Waals surface area contributed by atoms with Gasteiger partial charge in [0.2, 0.25) is 5.91 Å². The molecule has 2 N–H and O–H groups in total. The van der Waals surface area contributed by atoms with Crippen LogP contribution < -0.4 is 10.1 Å². The fraction of sp³-hybridized carbons (Fsp3) is 0.500. The number of amides is 1. The zero-order valence-electron chi connectivity index (χ0n) is 12.8. The Balaban J connectivity index is 2.41. The summed E-state index contributed by atoms with van der Waals surface area (Å²) in [6.45, 7) is 4.06.